The van der Waals surface area contributed by atoms with Crippen LogP contribution in [0.4, 0.5) is 4.79 Å². The molecule has 0 atom stereocenters. The molecule has 0 radical (unpaired) electrons. The second kappa shape index (κ2) is 10.2. The molecule has 3 aromatic rings. The van der Waals surface area contributed by atoms with Crippen LogP contribution in [0, 0.1) is 0 Å². The number of carbonyl (C=O) groups excluding carboxylic acids is 1. The topological polar surface area (TPSA) is 80.3 Å². The van der Waals surface area contributed by atoms with Crippen LogP contribution in [0.3, 0.4) is 0 Å². The minimum absolute atomic E-state index is 0.288. The van der Waals surface area contributed by atoms with Gasteiger partial charge in [0.25, 0.3) is 0 Å². The summed E-state index contributed by atoms with van der Waals surface area (Å²) in [5.74, 6) is 1.32. The van der Waals surface area contributed by atoms with Crippen molar-refractivity contribution in [3.05, 3.63) is 66.7 Å². The fourth-order valence-electron chi connectivity index (χ4n) is 3.24. The van der Waals surface area contributed by atoms with E-state index in [1.165, 1.54) is 0 Å². The van der Waals surface area contributed by atoms with Crippen LogP contribution in [0.25, 0.3) is 0 Å². The van der Waals surface area contributed by atoms with E-state index >= 15 is 0 Å². The number of H-pyrrole nitrogens is 1. The summed E-state index contributed by atoms with van der Waals surface area (Å²) in [7, 11) is 0. The van der Waals surface area contributed by atoms with Crippen molar-refractivity contribution in [1.29, 1.82) is 0 Å². The summed E-state index contributed by atoms with van der Waals surface area (Å²) < 4.78 is 11.2. The van der Waals surface area contributed by atoms with Crippen LogP contribution < -0.4 is 9.47 Å². The highest BCUT2D eigenvalue weighted by atomic mass is 32.2. The first-order valence-electron chi connectivity index (χ1n) is 10.0. The van der Waals surface area contributed by atoms with Gasteiger partial charge in [-0.1, -0.05) is 23.9 Å². The molecule has 0 unspecified atom stereocenters. The zero-order valence-corrected chi connectivity index (χ0v) is 17.4. The molecule has 156 valence electrons. The lowest BCUT2D eigenvalue weighted by atomic mass is 10.1. The summed E-state index contributed by atoms with van der Waals surface area (Å²) >= 11 is 1.74. The SMILES string of the molecule is O=C(Oc1ccc(CCOc2cccnc2)cc1)N1CCC(Sc2ncc[nH]2)CC1. The molecule has 0 saturated carbocycles. The minimum Gasteiger partial charge on any atom is -0.492 e. The summed E-state index contributed by atoms with van der Waals surface area (Å²) in [5.41, 5.74) is 1.12. The molecule has 1 fully saturated rings. The first-order chi connectivity index (χ1) is 14.8. The number of nitrogens with one attached hydrogen (secondary N) is 1. The molecule has 1 aromatic carbocycles. The fraction of sp³-hybridized carbons (Fsp3) is 0.318. The number of nitrogens with zero attached hydrogens (tertiary/aromatic N) is 3. The van der Waals surface area contributed by atoms with Crippen molar-refractivity contribution in [2.45, 2.75) is 29.7 Å². The number of pyridine rings is 1. The van der Waals surface area contributed by atoms with Crippen LogP contribution in [0.5, 0.6) is 11.5 Å². The Morgan fingerprint density at radius 3 is 2.67 bits per heavy atom. The third-order valence-corrected chi connectivity index (χ3v) is 6.13. The summed E-state index contributed by atoms with van der Waals surface area (Å²) in [6.45, 7) is 1.96. The number of aromatic amines is 1. The Morgan fingerprint density at radius 1 is 1.13 bits per heavy atom. The van der Waals surface area contributed by atoms with Gasteiger partial charge in [0.15, 0.2) is 5.16 Å². The Bertz CT molecular complexity index is 911. The van der Waals surface area contributed by atoms with Gasteiger partial charge in [0.05, 0.1) is 12.8 Å². The second-order valence-electron chi connectivity index (χ2n) is 7.00. The van der Waals surface area contributed by atoms with Gasteiger partial charge in [-0.3, -0.25) is 4.98 Å². The maximum atomic E-state index is 12.5. The number of benzene rings is 1. The molecule has 1 aliphatic heterocycles. The molecule has 7 nitrogen and oxygen atoms in total. The average Bonchev–Trinajstić information content (AvgIpc) is 3.29. The standard InChI is InChI=1S/C22H24N4O3S/c27-22(26-13-7-20(8-14-26)30-21-24-11-12-25-21)29-18-5-3-17(4-6-18)9-15-28-19-2-1-10-23-16-19/h1-6,10-12,16,20H,7-9,13-15H2,(H,24,25). The van der Waals surface area contributed by atoms with E-state index < -0.39 is 0 Å². The molecular weight excluding hydrogens is 400 g/mol. The van der Waals surface area contributed by atoms with Crippen molar-refractivity contribution >= 4 is 17.9 Å². The van der Waals surface area contributed by atoms with Gasteiger partial charge in [-0.15, -0.1) is 0 Å². The second-order valence-corrected chi connectivity index (χ2v) is 8.29. The van der Waals surface area contributed by atoms with Gasteiger partial charge in [-0.2, -0.15) is 0 Å². The van der Waals surface area contributed by atoms with Crippen molar-refractivity contribution in [2.75, 3.05) is 19.7 Å². The van der Waals surface area contributed by atoms with E-state index in [1.54, 1.807) is 35.3 Å². The highest BCUT2D eigenvalue weighted by Gasteiger charge is 2.25. The van der Waals surface area contributed by atoms with E-state index in [0.717, 1.165) is 35.7 Å². The lowest BCUT2D eigenvalue weighted by Crippen LogP contribution is -2.40. The molecule has 0 spiro atoms. The largest absolute Gasteiger partial charge is 0.492 e. The van der Waals surface area contributed by atoms with E-state index in [0.29, 0.717) is 30.7 Å². The van der Waals surface area contributed by atoms with Crippen molar-refractivity contribution in [2.24, 2.45) is 0 Å². The zero-order valence-electron chi connectivity index (χ0n) is 16.6. The normalized spacial score (nSPS) is 14.5. The maximum Gasteiger partial charge on any atom is 0.415 e. The van der Waals surface area contributed by atoms with Gasteiger partial charge in [-0.05, 0) is 42.7 Å². The summed E-state index contributed by atoms with van der Waals surface area (Å²) in [4.78, 5) is 25.6. The van der Waals surface area contributed by atoms with Gasteiger partial charge in [0, 0.05) is 43.4 Å². The number of piperidine rings is 1. The van der Waals surface area contributed by atoms with E-state index in [9.17, 15) is 4.79 Å². The van der Waals surface area contributed by atoms with Crippen LogP contribution in [-0.4, -0.2) is 50.9 Å². The van der Waals surface area contributed by atoms with Crippen molar-refractivity contribution in [3.63, 3.8) is 0 Å². The molecule has 0 bridgehead atoms. The molecule has 8 heteroatoms. The Hall–Kier alpha value is -3.00. The lowest BCUT2D eigenvalue weighted by Gasteiger charge is -2.30. The van der Waals surface area contributed by atoms with Crippen LogP contribution in [0.15, 0.2) is 66.3 Å². The van der Waals surface area contributed by atoms with E-state index in [2.05, 4.69) is 15.0 Å². The van der Waals surface area contributed by atoms with Gasteiger partial charge >= 0.3 is 6.09 Å². The van der Waals surface area contributed by atoms with Crippen LogP contribution in [0.1, 0.15) is 18.4 Å². The van der Waals surface area contributed by atoms with Gasteiger partial charge < -0.3 is 19.4 Å². The monoisotopic (exact) mass is 424 g/mol. The molecule has 1 aliphatic rings. The van der Waals surface area contributed by atoms with E-state index in [-0.39, 0.29) is 6.09 Å². The number of carbonyl (C=O) groups is 1. The van der Waals surface area contributed by atoms with E-state index in [1.807, 2.05) is 42.6 Å². The third-order valence-electron chi connectivity index (χ3n) is 4.87. The minimum atomic E-state index is -0.288. The number of rotatable bonds is 7. The van der Waals surface area contributed by atoms with Crippen molar-refractivity contribution in [1.82, 2.24) is 19.9 Å². The number of aromatic nitrogens is 3. The Morgan fingerprint density at radius 2 is 1.97 bits per heavy atom. The van der Waals surface area contributed by atoms with Crippen molar-refractivity contribution in [3.8, 4) is 11.5 Å². The highest BCUT2D eigenvalue weighted by Crippen LogP contribution is 2.28. The Balaban J connectivity index is 1.19. The number of amides is 1. The Labute approximate surface area is 179 Å². The molecule has 30 heavy (non-hydrogen) atoms. The molecule has 0 aliphatic carbocycles. The summed E-state index contributed by atoms with van der Waals surface area (Å²) in [5, 5.41) is 1.40. The first kappa shape index (κ1) is 20.3. The maximum absolute atomic E-state index is 12.5. The molecule has 1 saturated heterocycles. The lowest BCUT2D eigenvalue weighted by molar-refractivity contribution is 0.143. The number of thioether (sulfide) groups is 1. The summed E-state index contributed by atoms with van der Waals surface area (Å²) in [6, 6.07) is 11.3. The molecule has 4 rings (SSSR count). The number of ether oxygens (including phenoxy) is 2. The number of hydrogen-bond acceptors (Lipinski definition) is 6. The van der Waals surface area contributed by atoms with Crippen LogP contribution in [-0.2, 0) is 6.42 Å². The smallest absolute Gasteiger partial charge is 0.415 e. The predicted molar refractivity (Wildman–Crippen MR) is 115 cm³/mol. The van der Waals surface area contributed by atoms with Gasteiger partial charge in [0.2, 0.25) is 0 Å². The molecule has 1 amide bonds. The molecule has 1 N–H and O–H groups in total. The van der Waals surface area contributed by atoms with Crippen molar-refractivity contribution < 1.29 is 14.3 Å². The van der Waals surface area contributed by atoms with Gasteiger partial charge in [0.1, 0.15) is 11.5 Å². The highest BCUT2D eigenvalue weighted by molar-refractivity contribution is 7.99. The first-order valence-corrected chi connectivity index (χ1v) is 10.9. The predicted octanol–water partition coefficient (Wildman–Crippen LogP) is 4.18. The number of hydrogen-bond donors (Lipinski definition) is 1. The Kier molecular flexibility index (Phi) is 6.87. The van der Waals surface area contributed by atoms with Crippen LogP contribution >= 0.6 is 11.8 Å². The van der Waals surface area contributed by atoms with E-state index in [4.69, 9.17) is 9.47 Å². The number of imidazole rings is 1. The molecule has 3 heterocycles. The third kappa shape index (κ3) is 5.76. The van der Waals surface area contributed by atoms with Gasteiger partial charge in [-0.25, -0.2) is 9.78 Å². The molecule has 2 aromatic heterocycles. The fourth-order valence-corrected chi connectivity index (χ4v) is 4.26. The summed E-state index contributed by atoms with van der Waals surface area (Å²) in [6.07, 6.45) is 9.33. The zero-order chi connectivity index (χ0) is 20.6. The quantitative estimate of drug-likeness (QED) is 0.613. The van der Waals surface area contributed by atoms with Crippen LogP contribution in [0.2, 0.25) is 0 Å². The average molecular weight is 425 g/mol. The number of likely N-dealkylation sites (tertiary alicyclic amines) is 1. The molecular formula is C22H24N4O3S.